The molecule has 1 unspecified atom stereocenters. The summed E-state index contributed by atoms with van der Waals surface area (Å²) in [4.78, 5) is 3.84. The largest absolute Gasteiger partial charge is 0.491 e. The van der Waals surface area contributed by atoms with E-state index >= 15 is 0 Å². The predicted molar refractivity (Wildman–Crippen MR) is 74.0 cm³/mol. The van der Waals surface area contributed by atoms with Crippen LogP contribution >= 0.6 is 23.2 Å². The predicted octanol–water partition coefficient (Wildman–Crippen LogP) is 1.91. The number of hydrogen-bond donors (Lipinski definition) is 2. The quantitative estimate of drug-likeness (QED) is 0.812. The van der Waals surface area contributed by atoms with Crippen molar-refractivity contribution in [3.8, 4) is 5.75 Å². The average Bonchev–Trinajstić information content (AvgIpc) is 2.93. The normalized spacial score (nSPS) is 12.3. The van der Waals surface area contributed by atoms with E-state index in [1.807, 2.05) is 0 Å². The second kappa shape index (κ2) is 7.44. The maximum absolute atomic E-state index is 9.75. The number of nitrogens with zero attached hydrogens (tertiary/aromatic N) is 2. The van der Waals surface area contributed by atoms with Gasteiger partial charge >= 0.3 is 0 Å². The van der Waals surface area contributed by atoms with Crippen LogP contribution in [0, 0.1) is 0 Å². The van der Waals surface area contributed by atoms with Crippen LogP contribution in [-0.2, 0) is 6.54 Å². The average molecular weight is 318 g/mol. The first-order chi connectivity index (χ1) is 9.65. The van der Waals surface area contributed by atoms with Crippen molar-refractivity contribution in [2.75, 3.05) is 13.2 Å². The van der Waals surface area contributed by atoms with Gasteiger partial charge in [-0.1, -0.05) is 28.4 Å². The van der Waals surface area contributed by atoms with Crippen molar-refractivity contribution in [3.63, 3.8) is 0 Å². The standard InChI is InChI=1S/C12H13Cl2N3O3/c13-10-2-1-9(3-11(10)14)19-6-8(18)4-15-5-12-16-7-20-17-12/h1-3,7-8,15,18H,4-6H2. The molecular weight excluding hydrogens is 305 g/mol. The summed E-state index contributed by atoms with van der Waals surface area (Å²) in [7, 11) is 0. The molecule has 0 saturated heterocycles. The van der Waals surface area contributed by atoms with Crippen molar-refractivity contribution >= 4 is 23.2 Å². The molecule has 1 aromatic carbocycles. The number of ether oxygens (including phenoxy) is 1. The van der Waals surface area contributed by atoms with Gasteiger partial charge < -0.3 is 19.7 Å². The summed E-state index contributed by atoms with van der Waals surface area (Å²) in [6.07, 6.45) is 0.581. The SMILES string of the molecule is OC(CNCc1ncon1)COc1ccc(Cl)c(Cl)c1. The summed E-state index contributed by atoms with van der Waals surface area (Å²) in [5, 5.41) is 17.2. The minimum absolute atomic E-state index is 0.136. The topological polar surface area (TPSA) is 80.4 Å². The van der Waals surface area contributed by atoms with E-state index in [4.69, 9.17) is 27.9 Å². The fraction of sp³-hybridized carbons (Fsp3) is 0.333. The van der Waals surface area contributed by atoms with Gasteiger partial charge in [0.2, 0.25) is 6.39 Å². The zero-order chi connectivity index (χ0) is 14.4. The van der Waals surface area contributed by atoms with Crippen LogP contribution in [-0.4, -0.2) is 34.5 Å². The number of halogens is 2. The highest BCUT2D eigenvalue weighted by molar-refractivity contribution is 6.42. The van der Waals surface area contributed by atoms with Gasteiger partial charge in [-0.3, -0.25) is 0 Å². The molecule has 0 aliphatic carbocycles. The fourth-order valence-electron chi connectivity index (χ4n) is 1.44. The number of nitrogens with one attached hydrogen (secondary N) is 1. The number of aliphatic hydroxyl groups excluding tert-OH is 1. The lowest BCUT2D eigenvalue weighted by Crippen LogP contribution is -2.31. The molecule has 0 fully saturated rings. The zero-order valence-corrected chi connectivity index (χ0v) is 11.9. The summed E-state index contributed by atoms with van der Waals surface area (Å²) in [6.45, 7) is 0.896. The van der Waals surface area contributed by atoms with E-state index < -0.39 is 6.10 Å². The number of aromatic nitrogens is 2. The van der Waals surface area contributed by atoms with Crippen LogP contribution in [0.15, 0.2) is 29.1 Å². The first-order valence-corrected chi connectivity index (χ1v) is 6.62. The highest BCUT2D eigenvalue weighted by Gasteiger charge is 2.07. The van der Waals surface area contributed by atoms with Crippen molar-refractivity contribution < 1.29 is 14.4 Å². The first-order valence-electron chi connectivity index (χ1n) is 5.87. The molecule has 0 aliphatic heterocycles. The van der Waals surface area contributed by atoms with Crippen LogP contribution in [0.1, 0.15) is 5.82 Å². The van der Waals surface area contributed by atoms with Gasteiger partial charge in [-0.05, 0) is 12.1 Å². The molecule has 0 radical (unpaired) electrons. The Morgan fingerprint density at radius 1 is 1.35 bits per heavy atom. The van der Waals surface area contributed by atoms with E-state index in [0.717, 1.165) is 0 Å². The second-order valence-corrected chi connectivity index (χ2v) is 4.83. The van der Waals surface area contributed by atoms with Gasteiger partial charge in [0.05, 0.1) is 16.6 Å². The lowest BCUT2D eigenvalue weighted by Gasteiger charge is -2.13. The van der Waals surface area contributed by atoms with Crippen LogP contribution in [0.3, 0.4) is 0 Å². The van der Waals surface area contributed by atoms with E-state index in [2.05, 4.69) is 20.0 Å². The lowest BCUT2D eigenvalue weighted by molar-refractivity contribution is 0.106. The molecule has 108 valence electrons. The van der Waals surface area contributed by atoms with E-state index in [1.54, 1.807) is 18.2 Å². The highest BCUT2D eigenvalue weighted by Crippen LogP contribution is 2.26. The molecule has 0 amide bonds. The van der Waals surface area contributed by atoms with Crippen LogP contribution in [0.2, 0.25) is 10.0 Å². The maximum Gasteiger partial charge on any atom is 0.213 e. The number of aliphatic hydroxyl groups is 1. The molecule has 0 spiro atoms. The molecule has 1 heterocycles. The smallest absolute Gasteiger partial charge is 0.213 e. The molecule has 8 heteroatoms. The Labute approximate surface area is 125 Å². The molecule has 2 N–H and O–H groups in total. The first kappa shape index (κ1) is 15.1. The number of rotatable bonds is 7. The van der Waals surface area contributed by atoms with Gasteiger partial charge in [0.1, 0.15) is 18.5 Å². The molecule has 0 aliphatic rings. The molecule has 1 aromatic heterocycles. The van der Waals surface area contributed by atoms with Crippen LogP contribution in [0.5, 0.6) is 5.75 Å². The Morgan fingerprint density at radius 3 is 2.90 bits per heavy atom. The summed E-state index contributed by atoms with van der Waals surface area (Å²) in [5.41, 5.74) is 0. The van der Waals surface area contributed by atoms with Gasteiger partial charge in [0.25, 0.3) is 0 Å². The summed E-state index contributed by atoms with van der Waals surface area (Å²) in [5.74, 6) is 1.08. The molecule has 0 bridgehead atoms. The molecule has 20 heavy (non-hydrogen) atoms. The molecule has 0 saturated carbocycles. The summed E-state index contributed by atoms with van der Waals surface area (Å²) in [6, 6.07) is 4.93. The Hall–Kier alpha value is -1.34. The third kappa shape index (κ3) is 4.64. The molecule has 2 aromatic rings. The van der Waals surface area contributed by atoms with Crippen molar-refractivity contribution in [2.24, 2.45) is 0 Å². The van der Waals surface area contributed by atoms with E-state index in [-0.39, 0.29) is 6.61 Å². The van der Waals surface area contributed by atoms with Crippen LogP contribution in [0.25, 0.3) is 0 Å². The fourth-order valence-corrected chi connectivity index (χ4v) is 1.73. The van der Waals surface area contributed by atoms with Crippen molar-refractivity contribution in [2.45, 2.75) is 12.6 Å². The number of hydrogen-bond acceptors (Lipinski definition) is 6. The zero-order valence-electron chi connectivity index (χ0n) is 10.4. The molecule has 2 rings (SSSR count). The van der Waals surface area contributed by atoms with Gasteiger partial charge in [0.15, 0.2) is 5.82 Å². The van der Waals surface area contributed by atoms with Gasteiger partial charge in [-0.15, -0.1) is 0 Å². The minimum Gasteiger partial charge on any atom is -0.491 e. The highest BCUT2D eigenvalue weighted by atomic mass is 35.5. The maximum atomic E-state index is 9.75. The van der Waals surface area contributed by atoms with Crippen LogP contribution in [0.4, 0.5) is 0 Å². The molecule has 6 nitrogen and oxygen atoms in total. The Morgan fingerprint density at radius 2 is 2.20 bits per heavy atom. The lowest BCUT2D eigenvalue weighted by atomic mass is 10.3. The third-order valence-electron chi connectivity index (χ3n) is 2.40. The Bertz CT molecular complexity index is 537. The van der Waals surface area contributed by atoms with Gasteiger partial charge in [0, 0.05) is 12.6 Å². The van der Waals surface area contributed by atoms with Gasteiger partial charge in [-0.2, -0.15) is 4.98 Å². The Balaban J connectivity index is 1.69. The third-order valence-corrected chi connectivity index (χ3v) is 3.14. The van der Waals surface area contributed by atoms with Crippen molar-refractivity contribution in [1.29, 1.82) is 0 Å². The second-order valence-electron chi connectivity index (χ2n) is 4.02. The minimum atomic E-state index is -0.670. The Kier molecular flexibility index (Phi) is 5.60. The van der Waals surface area contributed by atoms with Crippen LogP contribution < -0.4 is 10.1 Å². The van der Waals surface area contributed by atoms with Crippen molar-refractivity contribution in [1.82, 2.24) is 15.5 Å². The molecule has 1 atom stereocenters. The van der Waals surface area contributed by atoms with E-state index in [9.17, 15) is 5.11 Å². The number of benzene rings is 1. The summed E-state index contributed by atoms with van der Waals surface area (Å²) >= 11 is 11.7. The van der Waals surface area contributed by atoms with E-state index in [1.165, 1.54) is 6.39 Å². The molecular formula is C12H13Cl2N3O3. The monoisotopic (exact) mass is 317 g/mol. The van der Waals surface area contributed by atoms with E-state index in [0.29, 0.717) is 34.7 Å². The summed E-state index contributed by atoms with van der Waals surface area (Å²) < 4.78 is 10.00. The van der Waals surface area contributed by atoms with Crippen molar-refractivity contribution in [3.05, 3.63) is 40.5 Å². The van der Waals surface area contributed by atoms with Gasteiger partial charge in [-0.25, -0.2) is 0 Å².